The topological polar surface area (TPSA) is 59.4 Å². The number of ether oxygens (including phenoxy) is 1. The number of aromatic nitrogens is 1. The Labute approximate surface area is 88.9 Å². The van der Waals surface area contributed by atoms with E-state index in [-0.39, 0.29) is 6.61 Å². The molecule has 0 fully saturated rings. The van der Waals surface area contributed by atoms with E-state index in [1.54, 1.807) is 6.07 Å². The van der Waals surface area contributed by atoms with Crippen molar-refractivity contribution in [3.63, 3.8) is 0 Å². The number of pyridine rings is 1. The fourth-order valence-corrected chi connectivity index (χ4v) is 1.38. The van der Waals surface area contributed by atoms with E-state index in [1.165, 1.54) is 7.11 Å². The molecule has 1 rings (SSSR count). The minimum absolute atomic E-state index is 0.148. The number of esters is 1. The first kappa shape index (κ1) is 11.7. The number of rotatable bonds is 4. The second-order valence-electron chi connectivity index (χ2n) is 3.32. The fraction of sp³-hybridized carbons (Fsp3) is 0.455. The number of methoxy groups -OCH3 is 1. The van der Waals surface area contributed by atoms with E-state index in [0.717, 1.165) is 17.7 Å². The Bertz CT molecular complexity index is 350. The van der Waals surface area contributed by atoms with Gasteiger partial charge in [0.1, 0.15) is 5.69 Å². The zero-order valence-electron chi connectivity index (χ0n) is 8.99. The number of hydrogen-bond donors (Lipinski definition) is 1. The predicted octanol–water partition coefficient (Wildman–Crippen LogP) is 1.10. The highest BCUT2D eigenvalue weighted by Gasteiger charge is 2.08. The number of nitrogens with zero attached hydrogens (tertiary/aromatic N) is 1. The van der Waals surface area contributed by atoms with Gasteiger partial charge in [-0.15, -0.1) is 0 Å². The Kier molecular flexibility index (Phi) is 4.24. The maximum Gasteiger partial charge on any atom is 0.356 e. The SMILES string of the molecule is COC(=O)c1cc(CCCO)cc(C)n1. The van der Waals surface area contributed by atoms with Crippen molar-refractivity contribution in [3.05, 3.63) is 29.1 Å². The van der Waals surface area contributed by atoms with E-state index in [9.17, 15) is 4.79 Å². The average Bonchev–Trinajstić information content (AvgIpc) is 2.24. The summed E-state index contributed by atoms with van der Waals surface area (Å²) in [4.78, 5) is 15.3. The molecule has 0 aliphatic rings. The van der Waals surface area contributed by atoms with Gasteiger partial charge in [0.25, 0.3) is 0 Å². The number of aliphatic hydroxyl groups is 1. The molecule has 4 nitrogen and oxygen atoms in total. The molecule has 4 heteroatoms. The molecule has 0 atom stereocenters. The van der Waals surface area contributed by atoms with E-state index in [1.807, 2.05) is 13.0 Å². The Morgan fingerprint density at radius 3 is 2.87 bits per heavy atom. The van der Waals surface area contributed by atoms with Gasteiger partial charge in [-0.2, -0.15) is 0 Å². The van der Waals surface area contributed by atoms with E-state index in [2.05, 4.69) is 9.72 Å². The smallest absolute Gasteiger partial charge is 0.356 e. The first-order chi connectivity index (χ1) is 7.17. The van der Waals surface area contributed by atoms with Crippen molar-refractivity contribution >= 4 is 5.97 Å². The van der Waals surface area contributed by atoms with Crippen LogP contribution in [0.2, 0.25) is 0 Å². The highest BCUT2D eigenvalue weighted by molar-refractivity contribution is 5.87. The van der Waals surface area contributed by atoms with Crippen LogP contribution < -0.4 is 0 Å². The molecule has 0 amide bonds. The molecule has 0 unspecified atom stereocenters. The fourth-order valence-electron chi connectivity index (χ4n) is 1.38. The van der Waals surface area contributed by atoms with Crippen molar-refractivity contribution < 1.29 is 14.6 Å². The van der Waals surface area contributed by atoms with Crippen molar-refractivity contribution in [2.24, 2.45) is 0 Å². The first-order valence-corrected chi connectivity index (χ1v) is 4.84. The maximum atomic E-state index is 11.3. The number of aryl methyl sites for hydroxylation is 2. The third kappa shape index (κ3) is 3.32. The zero-order valence-corrected chi connectivity index (χ0v) is 8.99. The van der Waals surface area contributed by atoms with Gasteiger partial charge in [0.2, 0.25) is 0 Å². The molecule has 15 heavy (non-hydrogen) atoms. The van der Waals surface area contributed by atoms with Crippen molar-refractivity contribution in [1.29, 1.82) is 0 Å². The van der Waals surface area contributed by atoms with Crippen molar-refractivity contribution in [2.45, 2.75) is 19.8 Å². The minimum Gasteiger partial charge on any atom is -0.464 e. The largest absolute Gasteiger partial charge is 0.464 e. The van der Waals surface area contributed by atoms with Crippen LogP contribution in [0.5, 0.6) is 0 Å². The summed E-state index contributed by atoms with van der Waals surface area (Å²) in [6.45, 7) is 1.98. The summed E-state index contributed by atoms with van der Waals surface area (Å²) >= 11 is 0. The lowest BCUT2D eigenvalue weighted by molar-refractivity contribution is 0.0593. The molecule has 1 heterocycles. The molecule has 0 saturated heterocycles. The maximum absolute atomic E-state index is 11.3. The average molecular weight is 209 g/mol. The highest BCUT2D eigenvalue weighted by Crippen LogP contribution is 2.09. The van der Waals surface area contributed by atoms with Gasteiger partial charge in [0.05, 0.1) is 7.11 Å². The molecule has 0 bridgehead atoms. The van der Waals surface area contributed by atoms with Crippen molar-refractivity contribution in [2.75, 3.05) is 13.7 Å². The summed E-state index contributed by atoms with van der Waals surface area (Å²) in [5, 5.41) is 8.71. The monoisotopic (exact) mass is 209 g/mol. The molecule has 0 spiro atoms. The second kappa shape index (κ2) is 5.46. The van der Waals surface area contributed by atoms with Crippen LogP contribution in [0.3, 0.4) is 0 Å². The van der Waals surface area contributed by atoms with Gasteiger partial charge >= 0.3 is 5.97 Å². The molecule has 82 valence electrons. The third-order valence-corrected chi connectivity index (χ3v) is 2.03. The second-order valence-corrected chi connectivity index (χ2v) is 3.32. The Morgan fingerprint density at radius 1 is 1.53 bits per heavy atom. The van der Waals surface area contributed by atoms with E-state index in [0.29, 0.717) is 12.1 Å². The summed E-state index contributed by atoms with van der Waals surface area (Å²) in [7, 11) is 1.33. The van der Waals surface area contributed by atoms with Gasteiger partial charge in [-0.05, 0) is 37.5 Å². The summed E-state index contributed by atoms with van der Waals surface area (Å²) in [6.07, 6.45) is 1.42. The van der Waals surface area contributed by atoms with E-state index in [4.69, 9.17) is 5.11 Å². The van der Waals surface area contributed by atoms with Crippen LogP contribution in [0.15, 0.2) is 12.1 Å². The molecule has 0 aromatic carbocycles. The van der Waals surface area contributed by atoms with E-state index < -0.39 is 5.97 Å². The predicted molar refractivity (Wildman–Crippen MR) is 55.7 cm³/mol. The summed E-state index contributed by atoms with van der Waals surface area (Å²) in [5.41, 5.74) is 2.10. The molecule has 1 aromatic rings. The number of carbonyl (C=O) groups excluding carboxylic acids is 1. The Balaban J connectivity index is 2.89. The van der Waals surface area contributed by atoms with Crippen LogP contribution in [0.25, 0.3) is 0 Å². The zero-order chi connectivity index (χ0) is 11.3. The van der Waals surface area contributed by atoms with Gasteiger partial charge in [0, 0.05) is 12.3 Å². The molecule has 1 N–H and O–H groups in total. The molecule has 0 aliphatic carbocycles. The molecule has 0 radical (unpaired) electrons. The standard InChI is InChI=1S/C11H15NO3/c1-8-6-9(4-3-5-13)7-10(12-8)11(14)15-2/h6-7,13H,3-5H2,1-2H3. The van der Waals surface area contributed by atoms with Gasteiger partial charge in [0.15, 0.2) is 0 Å². The minimum atomic E-state index is -0.427. The summed E-state index contributed by atoms with van der Waals surface area (Å²) in [6, 6.07) is 3.61. The van der Waals surface area contributed by atoms with Gasteiger partial charge < -0.3 is 9.84 Å². The molecule has 0 saturated carbocycles. The first-order valence-electron chi connectivity index (χ1n) is 4.84. The molecule has 1 aromatic heterocycles. The van der Waals surface area contributed by atoms with Gasteiger partial charge in [-0.3, -0.25) is 0 Å². The quantitative estimate of drug-likeness (QED) is 0.754. The van der Waals surface area contributed by atoms with Crippen LogP contribution in [-0.2, 0) is 11.2 Å². The van der Waals surface area contributed by atoms with Gasteiger partial charge in [-0.1, -0.05) is 0 Å². The summed E-state index contributed by atoms with van der Waals surface area (Å²) in [5.74, 6) is -0.427. The van der Waals surface area contributed by atoms with Crippen molar-refractivity contribution in [1.82, 2.24) is 4.98 Å². The number of hydrogen-bond acceptors (Lipinski definition) is 4. The third-order valence-electron chi connectivity index (χ3n) is 2.03. The lowest BCUT2D eigenvalue weighted by atomic mass is 10.1. The molecular weight excluding hydrogens is 194 g/mol. The summed E-state index contributed by atoms with van der Waals surface area (Å²) < 4.78 is 4.60. The highest BCUT2D eigenvalue weighted by atomic mass is 16.5. The Hall–Kier alpha value is -1.42. The van der Waals surface area contributed by atoms with Crippen LogP contribution in [0.1, 0.15) is 28.2 Å². The normalized spacial score (nSPS) is 10.1. The van der Waals surface area contributed by atoms with Crippen LogP contribution in [0, 0.1) is 6.92 Å². The Morgan fingerprint density at radius 2 is 2.27 bits per heavy atom. The van der Waals surface area contributed by atoms with E-state index >= 15 is 0 Å². The van der Waals surface area contributed by atoms with Gasteiger partial charge in [-0.25, -0.2) is 9.78 Å². The molecule has 0 aliphatic heterocycles. The van der Waals surface area contributed by atoms with Crippen LogP contribution in [0.4, 0.5) is 0 Å². The lowest BCUT2D eigenvalue weighted by Crippen LogP contribution is -2.06. The van der Waals surface area contributed by atoms with Crippen LogP contribution >= 0.6 is 0 Å². The number of aliphatic hydroxyl groups excluding tert-OH is 1. The molecular formula is C11H15NO3. The van der Waals surface area contributed by atoms with Crippen LogP contribution in [-0.4, -0.2) is 29.8 Å². The number of carbonyl (C=O) groups is 1. The lowest BCUT2D eigenvalue weighted by Gasteiger charge is -2.04. The van der Waals surface area contributed by atoms with Crippen molar-refractivity contribution in [3.8, 4) is 0 Å².